The Balaban J connectivity index is -0.000000251. The van der Waals surface area contributed by atoms with E-state index in [0.717, 1.165) is 10.7 Å². The van der Waals surface area contributed by atoms with Crippen LogP contribution in [0.5, 0.6) is 0 Å². The van der Waals surface area contributed by atoms with Crippen molar-refractivity contribution in [3.05, 3.63) is 0 Å². The number of rotatable bonds is 18. The fourth-order valence-electron chi connectivity index (χ4n) is 2.28. The standard InChI is InChI=1S/C9H15BrO5.2C7H12O5.C2H4Br2/c1-13-8(11)4-3-7(9(12)14-2)15-6-5-10;1-11-6(9)4-3-5(8)7(10)12-2;1-2-12-5(7(10)11)3-4-6(8)9;3-1-2-4/h7H,3-6H2,1-2H3;5,8H,3-4H2,1-2H3;5H,2-4H2,1H3,(H,8,9)(H,10,11);1-2H2. The molecule has 0 radical (unpaired) electrons. The minimum absolute atomic E-state index is 0.00671. The number of esters is 4. The van der Waals surface area contributed by atoms with Gasteiger partial charge in [0.2, 0.25) is 0 Å². The van der Waals surface area contributed by atoms with Gasteiger partial charge in [-0.2, -0.15) is 0 Å². The summed E-state index contributed by atoms with van der Waals surface area (Å²) in [7, 11) is 5.00. The van der Waals surface area contributed by atoms with Crippen molar-refractivity contribution in [2.24, 2.45) is 0 Å². The molecule has 3 atom stereocenters. The van der Waals surface area contributed by atoms with Gasteiger partial charge in [0.25, 0.3) is 0 Å². The average Bonchev–Trinajstić information content (AvgIpc) is 3.00. The molecule has 0 heterocycles. The Bertz CT molecular complexity index is 766. The number of aliphatic carboxylic acids is 2. The molecule has 0 aliphatic rings. The highest BCUT2D eigenvalue weighted by Crippen LogP contribution is 2.06. The Kier molecular flexibility index (Phi) is 38.7. The molecule has 0 rings (SSSR count). The van der Waals surface area contributed by atoms with Crippen LogP contribution in [0.4, 0.5) is 0 Å². The Labute approximate surface area is 276 Å². The highest BCUT2D eigenvalue weighted by molar-refractivity contribution is 9.12. The van der Waals surface area contributed by atoms with Crippen LogP contribution in [-0.4, -0.2) is 127 Å². The fourth-order valence-corrected chi connectivity index (χ4v) is 2.47. The average molecular weight is 823 g/mol. The summed E-state index contributed by atoms with van der Waals surface area (Å²) < 4.78 is 27.6. The third kappa shape index (κ3) is 34.5. The predicted octanol–water partition coefficient (Wildman–Crippen LogP) is 2.48. The zero-order chi connectivity index (χ0) is 34.2. The lowest BCUT2D eigenvalue weighted by atomic mass is 10.2. The smallest absolute Gasteiger partial charge is 0.334 e. The molecule has 0 aromatic rings. The van der Waals surface area contributed by atoms with Gasteiger partial charge in [0.15, 0.2) is 18.3 Å². The number of aliphatic hydroxyl groups excluding tert-OH is 1. The Morgan fingerprint density at radius 2 is 1.09 bits per heavy atom. The molecule has 18 heteroatoms. The SMILES string of the molecule is BrCCBr.CCOC(CCC(=O)O)C(=O)O.COC(=O)CCC(O)C(=O)OC.COC(=O)CCC(OCCBr)C(=O)OC. The number of hydrogen-bond donors (Lipinski definition) is 3. The maximum Gasteiger partial charge on any atom is 0.334 e. The molecular weight excluding hydrogens is 780 g/mol. The first-order chi connectivity index (χ1) is 20.3. The van der Waals surface area contributed by atoms with E-state index in [1.54, 1.807) is 6.92 Å². The first-order valence-electron chi connectivity index (χ1n) is 12.6. The molecule has 254 valence electrons. The van der Waals surface area contributed by atoms with E-state index in [1.165, 1.54) is 28.4 Å². The van der Waals surface area contributed by atoms with E-state index >= 15 is 0 Å². The summed E-state index contributed by atoms with van der Waals surface area (Å²) in [6, 6.07) is 0. The van der Waals surface area contributed by atoms with E-state index < -0.39 is 48.2 Å². The van der Waals surface area contributed by atoms with Gasteiger partial charge in [-0.1, -0.05) is 47.8 Å². The molecule has 15 nitrogen and oxygen atoms in total. The number of carboxylic acid groups (broad SMARTS) is 2. The van der Waals surface area contributed by atoms with Crippen molar-refractivity contribution in [2.75, 3.05) is 57.6 Å². The van der Waals surface area contributed by atoms with Crippen LogP contribution in [0.3, 0.4) is 0 Å². The first kappa shape index (κ1) is 48.1. The van der Waals surface area contributed by atoms with Gasteiger partial charge in [0.05, 0.1) is 35.0 Å². The van der Waals surface area contributed by atoms with Gasteiger partial charge >= 0.3 is 35.8 Å². The van der Waals surface area contributed by atoms with E-state index in [0.29, 0.717) is 11.9 Å². The lowest BCUT2D eigenvalue weighted by molar-refractivity contribution is -0.155. The highest BCUT2D eigenvalue weighted by Gasteiger charge is 2.21. The second-order valence-corrected chi connectivity index (χ2v) is 9.81. The lowest BCUT2D eigenvalue weighted by Gasteiger charge is -2.13. The molecule has 0 aliphatic carbocycles. The van der Waals surface area contributed by atoms with Gasteiger partial charge in [-0.15, -0.1) is 0 Å². The maximum atomic E-state index is 11.2. The number of halogens is 3. The Morgan fingerprint density at radius 3 is 1.44 bits per heavy atom. The maximum absolute atomic E-state index is 11.2. The summed E-state index contributed by atoms with van der Waals surface area (Å²) in [5, 5.41) is 28.5. The number of carbonyl (C=O) groups is 6. The first-order valence-corrected chi connectivity index (χ1v) is 16.0. The van der Waals surface area contributed by atoms with E-state index in [4.69, 9.17) is 24.8 Å². The van der Waals surface area contributed by atoms with Crippen LogP contribution < -0.4 is 0 Å². The molecule has 0 saturated carbocycles. The van der Waals surface area contributed by atoms with Gasteiger partial charge in [-0.3, -0.25) is 14.4 Å². The summed E-state index contributed by atoms with van der Waals surface area (Å²) in [4.78, 5) is 63.7. The van der Waals surface area contributed by atoms with Gasteiger partial charge in [-0.05, 0) is 26.2 Å². The molecule has 3 N–H and O–H groups in total. The van der Waals surface area contributed by atoms with Crippen LogP contribution in [0.15, 0.2) is 0 Å². The van der Waals surface area contributed by atoms with Crippen LogP contribution in [0.25, 0.3) is 0 Å². The summed E-state index contributed by atoms with van der Waals surface area (Å²) in [5.41, 5.74) is 0. The van der Waals surface area contributed by atoms with Crippen molar-refractivity contribution in [1.82, 2.24) is 0 Å². The van der Waals surface area contributed by atoms with Crippen molar-refractivity contribution in [3.8, 4) is 0 Å². The van der Waals surface area contributed by atoms with Crippen LogP contribution in [0, 0.1) is 0 Å². The molecule has 0 fully saturated rings. The van der Waals surface area contributed by atoms with Gasteiger partial charge in [-0.25, -0.2) is 14.4 Å². The van der Waals surface area contributed by atoms with Crippen molar-refractivity contribution >= 4 is 83.6 Å². The second kappa shape index (κ2) is 34.6. The quantitative estimate of drug-likeness (QED) is 0.103. The van der Waals surface area contributed by atoms with E-state index in [-0.39, 0.29) is 51.1 Å². The molecule has 3 unspecified atom stereocenters. The zero-order valence-electron chi connectivity index (χ0n) is 24.9. The zero-order valence-corrected chi connectivity index (χ0v) is 29.6. The van der Waals surface area contributed by atoms with Crippen LogP contribution in [-0.2, 0) is 57.2 Å². The number of carbonyl (C=O) groups excluding carboxylic acids is 4. The van der Waals surface area contributed by atoms with E-state index in [9.17, 15) is 28.8 Å². The molecule has 0 spiro atoms. The Morgan fingerprint density at radius 1 is 0.628 bits per heavy atom. The van der Waals surface area contributed by atoms with Gasteiger partial charge < -0.3 is 43.7 Å². The third-order valence-corrected chi connectivity index (χ3v) is 6.54. The predicted molar refractivity (Wildman–Crippen MR) is 164 cm³/mol. The number of carboxylic acids is 2. The molecule has 0 bridgehead atoms. The van der Waals surface area contributed by atoms with Crippen molar-refractivity contribution in [3.63, 3.8) is 0 Å². The van der Waals surface area contributed by atoms with Gasteiger partial charge in [0.1, 0.15) is 0 Å². The van der Waals surface area contributed by atoms with E-state index in [1.807, 2.05) is 0 Å². The van der Waals surface area contributed by atoms with Crippen LogP contribution >= 0.6 is 47.8 Å². The minimum atomic E-state index is -1.24. The minimum Gasteiger partial charge on any atom is -0.481 e. The summed E-state index contributed by atoms with van der Waals surface area (Å²) in [5.74, 6) is -4.16. The normalized spacial score (nSPS) is 11.7. The van der Waals surface area contributed by atoms with E-state index in [2.05, 4.69) is 66.7 Å². The lowest BCUT2D eigenvalue weighted by Crippen LogP contribution is -2.27. The van der Waals surface area contributed by atoms with Gasteiger partial charge in [0, 0.05) is 41.9 Å². The molecular formula is C25H43Br3O15. The number of aliphatic hydroxyl groups is 1. The highest BCUT2D eigenvalue weighted by atomic mass is 79.9. The van der Waals surface area contributed by atoms with Crippen molar-refractivity contribution in [2.45, 2.75) is 63.8 Å². The number of hydrogen-bond acceptors (Lipinski definition) is 13. The number of ether oxygens (including phenoxy) is 6. The number of alkyl halides is 3. The number of methoxy groups -OCH3 is 4. The molecule has 0 saturated heterocycles. The molecule has 0 aromatic heterocycles. The van der Waals surface area contributed by atoms with Crippen molar-refractivity contribution < 1.29 is 72.5 Å². The summed E-state index contributed by atoms with van der Waals surface area (Å²) in [6.07, 6.45) is -2.67. The van der Waals surface area contributed by atoms with Crippen molar-refractivity contribution in [1.29, 1.82) is 0 Å². The molecule has 0 amide bonds. The molecule has 0 aliphatic heterocycles. The monoisotopic (exact) mass is 820 g/mol. The largest absolute Gasteiger partial charge is 0.481 e. The van der Waals surface area contributed by atoms with Crippen LogP contribution in [0.1, 0.15) is 45.4 Å². The van der Waals surface area contributed by atoms with Crippen LogP contribution in [0.2, 0.25) is 0 Å². The Hall–Kier alpha value is -1.86. The second-order valence-electron chi connectivity index (χ2n) is 7.43. The summed E-state index contributed by atoms with van der Waals surface area (Å²) in [6.45, 7) is 2.33. The summed E-state index contributed by atoms with van der Waals surface area (Å²) >= 11 is 9.58. The fraction of sp³-hybridized carbons (Fsp3) is 0.760. The molecule has 43 heavy (non-hydrogen) atoms. The third-order valence-electron chi connectivity index (χ3n) is 4.36. The molecule has 0 aromatic carbocycles. The topological polar surface area (TPSA) is 218 Å².